The van der Waals surface area contributed by atoms with E-state index in [4.69, 9.17) is 15.2 Å². The monoisotopic (exact) mass is 492 g/mol. The Hall–Kier alpha value is -3.51. The highest BCUT2D eigenvalue weighted by atomic mass is 16.6. The minimum absolute atomic E-state index is 0.0137. The highest BCUT2D eigenvalue weighted by molar-refractivity contribution is 5.90. The van der Waals surface area contributed by atoms with Crippen LogP contribution in [-0.4, -0.2) is 66.8 Å². The van der Waals surface area contributed by atoms with E-state index in [0.717, 1.165) is 29.6 Å². The molecule has 0 spiro atoms. The summed E-state index contributed by atoms with van der Waals surface area (Å²) in [7, 11) is 1.80. The van der Waals surface area contributed by atoms with E-state index in [9.17, 15) is 15.3 Å². The van der Waals surface area contributed by atoms with E-state index in [1.807, 2.05) is 30.3 Å². The second kappa shape index (κ2) is 8.86. The number of nitrogen functional groups attached to an aromatic ring is 1. The van der Waals surface area contributed by atoms with Gasteiger partial charge in [0, 0.05) is 30.3 Å². The van der Waals surface area contributed by atoms with Crippen LogP contribution in [0.4, 0.5) is 11.6 Å². The average molecular weight is 493 g/mol. The van der Waals surface area contributed by atoms with E-state index in [1.165, 1.54) is 6.33 Å². The molecule has 1 unspecified atom stereocenters. The fraction of sp³-hybridized carbons (Fsp3) is 0.400. The zero-order valence-electron chi connectivity index (χ0n) is 19.7. The van der Waals surface area contributed by atoms with Crippen LogP contribution in [0.25, 0.3) is 21.9 Å². The molecule has 1 aromatic carbocycles. The number of ether oxygens (including phenoxy) is 2. The Balaban J connectivity index is 1.24. The van der Waals surface area contributed by atoms with E-state index in [1.54, 1.807) is 17.8 Å². The normalized spacial score (nSPS) is 24.9. The molecule has 2 aliphatic rings. The van der Waals surface area contributed by atoms with Crippen molar-refractivity contribution >= 4 is 33.6 Å². The van der Waals surface area contributed by atoms with Gasteiger partial charge in [-0.1, -0.05) is 0 Å². The SMILES string of the molecule is CNc1ccc2ccc(OC[C@H]3O[C@@H](n4cc(C(O)C5CC5)c5c(N)ncnc54)[C@H](O)[C@@H]3O)cc2n1. The van der Waals surface area contributed by atoms with Gasteiger partial charge in [0.15, 0.2) is 6.23 Å². The molecule has 3 aromatic heterocycles. The average Bonchev–Trinajstić information content (AvgIpc) is 3.62. The zero-order valence-corrected chi connectivity index (χ0v) is 19.7. The molecule has 0 bridgehead atoms. The number of benzene rings is 1. The third kappa shape index (κ3) is 3.90. The fourth-order valence-corrected chi connectivity index (χ4v) is 4.82. The number of fused-ring (bicyclic) bond motifs is 2. The minimum atomic E-state index is -1.24. The van der Waals surface area contributed by atoms with Crippen molar-refractivity contribution < 1.29 is 24.8 Å². The molecule has 2 fully saturated rings. The van der Waals surface area contributed by atoms with Gasteiger partial charge in [0.2, 0.25) is 0 Å². The van der Waals surface area contributed by atoms with Gasteiger partial charge in [0.1, 0.15) is 54.3 Å². The van der Waals surface area contributed by atoms with Gasteiger partial charge >= 0.3 is 0 Å². The first-order valence-corrected chi connectivity index (χ1v) is 12.0. The summed E-state index contributed by atoms with van der Waals surface area (Å²) >= 11 is 0. The number of hydrogen-bond acceptors (Lipinski definition) is 10. The molecule has 6 rings (SSSR count). The van der Waals surface area contributed by atoms with Gasteiger partial charge in [-0.05, 0) is 43.0 Å². The first-order chi connectivity index (χ1) is 17.4. The van der Waals surface area contributed by atoms with Crippen LogP contribution < -0.4 is 15.8 Å². The van der Waals surface area contributed by atoms with E-state index in [0.29, 0.717) is 22.3 Å². The van der Waals surface area contributed by atoms with E-state index >= 15 is 0 Å². The Bertz CT molecular complexity index is 1420. The van der Waals surface area contributed by atoms with Gasteiger partial charge in [-0.15, -0.1) is 0 Å². The lowest BCUT2D eigenvalue weighted by Crippen LogP contribution is -2.34. The number of aliphatic hydroxyl groups is 3. The molecular formula is C25H28N6O5. The Morgan fingerprint density at radius 2 is 2.00 bits per heavy atom. The van der Waals surface area contributed by atoms with Gasteiger partial charge < -0.3 is 40.4 Å². The second-order valence-corrected chi connectivity index (χ2v) is 9.39. The molecule has 4 heterocycles. The fourth-order valence-electron chi connectivity index (χ4n) is 4.82. The predicted molar refractivity (Wildman–Crippen MR) is 132 cm³/mol. The Morgan fingerprint density at radius 1 is 1.19 bits per heavy atom. The van der Waals surface area contributed by atoms with Gasteiger partial charge in [-0.25, -0.2) is 15.0 Å². The van der Waals surface area contributed by atoms with Crippen LogP contribution in [0.15, 0.2) is 42.9 Å². The van der Waals surface area contributed by atoms with Gasteiger partial charge in [0.25, 0.3) is 0 Å². The molecule has 6 N–H and O–H groups in total. The van der Waals surface area contributed by atoms with Crippen molar-refractivity contribution in [2.24, 2.45) is 5.92 Å². The number of nitrogens with two attached hydrogens (primary N) is 1. The Morgan fingerprint density at radius 3 is 2.78 bits per heavy atom. The summed E-state index contributed by atoms with van der Waals surface area (Å²) in [4.78, 5) is 12.9. The number of nitrogens with zero attached hydrogens (tertiary/aromatic N) is 4. The molecule has 11 nitrogen and oxygen atoms in total. The van der Waals surface area contributed by atoms with Crippen molar-refractivity contribution in [2.75, 3.05) is 24.7 Å². The number of pyridine rings is 1. The van der Waals surface area contributed by atoms with Crippen molar-refractivity contribution in [1.82, 2.24) is 19.5 Å². The maximum absolute atomic E-state index is 10.9. The lowest BCUT2D eigenvalue weighted by Gasteiger charge is -2.17. The third-order valence-corrected chi connectivity index (χ3v) is 7.00. The molecule has 1 aliphatic heterocycles. The largest absolute Gasteiger partial charge is 0.491 e. The van der Waals surface area contributed by atoms with Crippen LogP contribution in [0, 0.1) is 5.92 Å². The number of nitrogens with one attached hydrogen (secondary N) is 1. The van der Waals surface area contributed by atoms with E-state index in [-0.39, 0.29) is 18.3 Å². The van der Waals surface area contributed by atoms with Gasteiger partial charge in [0.05, 0.1) is 17.0 Å². The summed E-state index contributed by atoms with van der Waals surface area (Å²) < 4.78 is 13.6. The van der Waals surface area contributed by atoms with Crippen LogP contribution in [0.1, 0.15) is 30.7 Å². The molecule has 4 aromatic rings. The molecule has 11 heteroatoms. The Labute approximate surface area is 206 Å². The maximum atomic E-state index is 10.9. The first kappa shape index (κ1) is 22.9. The highest BCUT2D eigenvalue weighted by Gasteiger charge is 2.45. The molecule has 0 amide bonds. The molecular weight excluding hydrogens is 464 g/mol. The molecule has 1 saturated heterocycles. The van der Waals surface area contributed by atoms with Crippen molar-refractivity contribution in [1.29, 1.82) is 0 Å². The highest BCUT2D eigenvalue weighted by Crippen LogP contribution is 2.45. The molecule has 188 valence electrons. The lowest BCUT2D eigenvalue weighted by atomic mass is 10.1. The van der Waals surface area contributed by atoms with Crippen LogP contribution in [0.3, 0.4) is 0 Å². The van der Waals surface area contributed by atoms with Crippen molar-refractivity contribution in [3.63, 3.8) is 0 Å². The van der Waals surface area contributed by atoms with Crippen molar-refractivity contribution in [3.05, 3.63) is 48.4 Å². The minimum Gasteiger partial charge on any atom is -0.491 e. The van der Waals surface area contributed by atoms with Gasteiger partial charge in [-0.2, -0.15) is 0 Å². The Kier molecular flexibility index (Phi) is 5.64. The summed E-state index contributed by atoms with van der Waals surface area (Å²) in [5.74, 6) is 1.71. The first-order valence-electron chi connectivity index (χ1n) is 12.0. The standard InChI is InChI=1S/C25H28N6O5/c1-27-18-7-5-12-4-6-14(8-16(12)30-18)35-10-17-21(33)22(34)25(36-17)31-9-15(20(32)13-2-3-13)19-23(26)28-11-29-24(19)31/h4-9,11,13,17,20-22,25,32-34H,2-3,10H2,1H3,(H,27,30)(H2,26,28,29)/t17-,20?,21-,22-,25-/m1/s1. The second-order valence-electron chi connectivity index (χ2n) is 9.39. The van der Waals surface area contributed by atoms with Crippen LogP contribution in [-0.2, 0) is 4.74 Å². The maximum Gasteiger partial charge on any atom is 0.164 e. The number of hydrogen-bond donors (Lipinski definition) is 5. The topological polar surface area (TPSA) is 161 Å². The summed E-state index contributed by atoms with van der Waals surface area (Å²) in [6.45, 7) is 0.0137. The number of aromatic nitrogens is 4. The van der Waals surface area contributed by atoms with Gasteiger partial charge in [-0.3, -0.25) is 0 Å². The third-order valence-electron chi connectivity index (χ3n) is 7.00. The van der Waals surface area contributed by atoms with E-state index < -0.39 is 30.6 Å². The summed E-state index contributed by atoms with van der Waals surface area (Å²) in [5.41, 5.74) is 7.92. The summed E-state index contributed by atoms with van der Waals surface area (Å²) in [5, 5.41) is 37.0. The quantitative estimate of drug-likeness (QED) is 0.257. The van der Waals surface area contributed by atoms with Crippen LogP contribution in [0.2, 0.25) is 0 Å². The van der Waals surface area contributed by atoms with Crippen LogP contribution >= 0.6 is 0 Å². The van der Waals surface area contributed by atoms with Crippen molar-refractivity contribution in [2.45, 2.75) is 43.5 Å². The molecule has 0 radical (unpaired) electrons. The molecule has 5 atom stereocenters. The lowest BCUT2D eigenvalue weighted by molar-refractivity contribution is -0.0473. The molecule has 1 saturated carbocycles. The zero-order chi connectivity index (χ0) is 25.0. The molecule has 36 heavy (non-hydrogen) atoms. The molecule has 1 aliphatic carbocycles. The summed E-state index contributed by atoms with van der Waals surface area (Å²) in [6, 6.07) is 9.41. The number of anilines is 2. The summed E-state index contributed by atoms with van der Waals surface area (Å²) in [6.07, 6.45) is -0.0111. The predicted octanol–water partition coefficient (Wildman–Crippen LogP) is 1.74. The van der Waals surface area contributed by atoms with Crippen molar-refractivity contribution in [3.8, 4) is 5.75 Å². The number of aliphatic hydroxyl groups excluding tert-OH is 3. The van der Waals surface area contributed by atoms with E-state index in [2.05, 4.69) is 20.3 Å². The van der Waals surface area contributed by atoms with Crippen LogP contribution in [0.5, 0.6) is 5.75 Å². The smallest absolute Gasteiger partial charge is 0.164 e. The number of rotatable bonds is 7.